The van der Waals surface area contributed by atoms with Crippen molar-refractivity contribution in [1.29, 1.82) is 0 Å². The predicted octanol–water partition coefficient (Wildman–Crippen LogP) is 2.08. The summed E-state index contributed by atoms with van der Waals surface area (Å²) in [5, 5.41) is 8.74. The Bertz CT molecular complexity index is 233. The molecule has 15 heavy (non-hydrogen) atoms. The number of hydrogen-bond donors (Lipinski definition) is 1. The van der Waals surface area contributed by atoms with Crippen LogP contribution in [0.2, 0.25) is 0 Å². The van der Waals surface area contributed by atoms with Gasteiger partial charge in [0.1, 0.15) is 0 Å². The fourth-order valence-electron chi connectivity index (χ4n) is 1.60. The first-order valence-electron chi connectivity index (χ1n) is 5.25. The molecule has 0 amide bonds. The van der Waals surface area contributed by atoms with Crippen molar-refractivity contribution in [2.75, 3.05) is 6.61 Å². The van der Waals surface area contributed by atoms with Crippen molar-refractivity contribution in [3.05, 3.63) is 0 Å². The lowest BCUT2D eigenvalue weighted by Gasteiger charge is -2.30. The van der Waals surface area contributed by atoms with Gasteiger partial charge in [-0.05, 0) is 26.7 Å². The number of esters is 1. The van der Waals surface area contributed by atoms with E-state index >= 15 is 0 Å². The second-order valence-corrected chi connectivity index (χ2v) is 4.15. The van der Waals surface area contributed by atoms with Crippen molar-refractivity contribution >= 4 is 11.9 Å². The minimum atomic E-state index is -0.876. The highest BCUT2D eigenvalue weighted by Crippen LogP contribution is 2.33. The maximum Gasteiger partial charge on any atom is 0.311 e. The Kier molecular flexibility index (Phi) is 5.33. The molecular formula is C11H20O4. The maximum atomic E-state index is 11.6. The van der Waals surface area contributed by atoms with Gasteiger partial charge in [0.15, 0.2) is 0 Å². The maximum absolute atomic E-state index is 11.6. The van der Waals surface area contributed by atoms with Crippen LogP contribution in [0.1, 0.15) is 40.5 Å². The summed E-state index contributed by atoms with van der Waals surface area (Å²) in [6, 6.07) is 0. The second-order valence-electron chi connectivity index (χ2n) is 4.15. The molecule has 0 rings (SSSR count). The van der Waals surface area contributed by atoms with Crippen LogP contribution in [0.25, 0.3) is 0 Å². The van der Waals surface area contributed by atoms with Crippen LogP contribution in [0, 0.1) is 11.3 Å². The molecule has 0 aliphatic rings. The highest BCUT2D eigenvalue weighted by molar-refractivity contribution is 5.77. The number of rotatable bonds is 6. The van der Waals surface area contributed by atoms with Crippen LogP contribution >= 0.6 is 0 Å². The molecule has 1 unspecified atom stereocenters. The third-order valence-electron chi connectivity index (χ3n) is 2.74. The largest absolute Gasteiger partial charge is 0.481 e. The van der Waals surface area contributed by atoms with E-state index in [1.165, 1.54) is 0 Å². The monoisotopic (exact) mass is 216 g/mol. The molecule has 88 valence electrons. The van der Waals surface area contributed by atoms with Gasteiger partial charge in [0.25, 0.3) is 0 Å². The number of carboxylic acid groups (broad SMARTS) is 1. The number of aliphatic carboxylic acids is 1. The van der Waals surface area contributed by atoms with E-state index in [1.807, 2.05) is 6.92 Å². The number of ether oxygens (including phenoxy) is 1. The average Bonchev–Trinajstić information content (AvgIpc) is 2.13. The van der Waals surface area contributed by atoms with Crippen LogP contribution in [0.15, 0.2) is 0 Å². The van der Waals surface area contributed by atoms with Crippen LogP contribution in [-0.2, 0) is 14.3 Å². The molecule has 0 fully saturated rings. The minimum Gasteiger partial charge on any atom is -0.481 e. The van der Waals surface area contributed by atoms with Gasteiger partial charge < -0.3 is 9.84 Å². The fraction of sp³-hybridized carbons (Fsp3) is 0.818. The van der Waals surface area contributed by atoms with Gasteiger partial charge in [-0.3, -0.25) is 9.59 Å². The van der Waals surface area contributed by atoms with Crippen molar-refractivity contribution in [3.8, 4) is 0 Å². The molecule has 1 N–H and O–H groups in total. The molecule has 0 heterocycles. The lowest BCUT2D eigenvalue weighted by Crippen LogP contribution is -2.35. The van der Waals surface area contributed by atoms with Gasteiger partial charge >= 0.3 is 11.9 Å². The van der Waals surface area contributed by atoms with Crippen LogP contribution in [0.3, 0.4) is 0 Å². The zero-order chi connectivity index (χ0) is 12.1. The van der Waals surface area contributed by atoms with E-state index in [9.17, 15) is 9.59 Å². The Balaban J connectivity index is 4.63. The third-order valence-corrected chi connectivity index (χ3v) is 2.74. The summed E-state index contributed by atoms with van der Waals surface area (Å²) in [7, 11) is 0. The first-order chi connectivity index (χ1) is 6.86. The Hall–Kier alpha value is -1.06. The van der Waals surface area contributed by atoms with Gasteiger partial charge in [-0.25, -0.2) is 0 Å². The lowest BCUT2D eigenvalue weighted by atomic mass is 9.75. The summed E-state index contributed by atoms with van der Waals surface area (Å²) in [5.41, 5.74) is -0.733. The number of hydrogen-bond acceptors (Lipinski definition) is 3. The second kappa shape index (κ2) is 5.73. The lowest BCUT2D eigenvalue weighted by molar-refractivity contribution is -0.158. The number of carbonyl (C=O) groups is 2. The molecule has 4 heteroatoms. The van der Waals surface area contributed by atoms with Crippen LogP contribution in [0.5, 0.6) is 0 Å². The van der Waals surface area contributed by atoms with Gasteiger partial charge in [-0.2, -0.15) is 0 Å². The molecule has 1 atom stereocenters. The zero-order valence-electron chi connectivity index (χ0n) is 9.87. The van der Waals surface area contributed by atoms with Crippen molar-refractivity contribution in [1.82, 2.24) is 0 Å². The first kappa shape index (κ1) is 13.9. The highest BCUT2D eigenvalue weighted by Gasteiger charge is 2.38. The Morgan fingerprint density at radius 2 is 1.87 bits per heavy atom. The molecule has 4 nitrogen and oxygen atoms in total. The Morgan fingerprint density at radius 3 is 2.20 bits per heavy atom. The summed E-state index contributed by atoms with van der Waals surface area (Å²) in [5.74, 6) is -1.38. The summed E-state index contributed by atoms with van der Waals surface area (Å²) < 4.78 is 4.94. The molecule has 0 aromatic rings. The molecule has 0 saturated heterocycles. The van der Waals surface area contributed by atoms with Crippen LogP contribution in [0.4, 0.5) is 0 Å². The quantitative estimate of drug-likeness (QED) is 0.690. The number of carbonyl (C=O) groups excluding carboxylic acids is 1. The normalized spacial score (nSPS) is 13.3. The molecular weight excluding hydrogens is 196 g/mol. The summed E-state index contributed by atoms with van der Waals surface area (Å²) in [6.07, 6.45) is 0.653. The topological polar surface area (TPSA) is 63.6 Å². The van der Waals surface area contributed by atoms with Gasteiger partial charge in [0, 0.05) is 6.42 Å². The van der Waals surface area contributed by atoms with Gasteiger partial charge in [-0.15, -0.1) is 0 Å². The molecule has 0 aromatic carbocycles. The van der Waals surface area contributed by atoms with Crippen molar-refractivity contribution in [2.45, 2.75) is 40.5 Å². The number of carboxylic acids is 1. The zero-order valence-corrected chi connectivity index (χ0v) is 9.87. The van der Waals surface area contributed by atoms with E-state index < -0.39 is 11.4 Å². The highest BCUT2D eigenvalue weighted by atomic mass is 16.5. The molecule has 0 aliphatic heterocycles. The summed E-state index contributed by atoms with van der Waals surface area (Å²) in [4.78, 5) is 22.3. The van der Waals surface area contributed by atoms with Crippen molar-refractivity contribution in [2.24, 2.45) is 11.3 Å². The van der Waals surface area contributed by atoms with Crippen molar-refractivity contribution < 1.29 is 19.4 Å². The third kappa shape index (κ3) is 3.90. The first-order valence-corrected chi connectivity index (χ1v) is 5.25. The van der Waals surface area contributed by atoms with Gasteiger partial charge in [0.05, 0.1) is 12.0 Å². The summed E-state index contributed by atoms with van der Waals surface area (Å²) >= 11 is 0. The fourth-order valence-corrected chi connectivity index (χ4v) is 1.60. The summed E-state index contributed by atoms with van der Waals surface area (Å²) in [6.45, 7) is 7.43. The Morgan fingerprint density at radius 1 is 1.33 bits per heavy atom. The van der Waals surface area contributed by atoms with E-state index in [-0.39, 0.29) is 18.3 Å². The molecule has 0 aliphatic carbocycles. The van der Waals surface area contributed by atoms with Gasteiger partial charge in [0.2, 0.25) is 0 Å². The molecule has 0 bridgehead atoms. The SMILES string of the molecule is CCOC(=O)C(C)(C)C(CC)CC(=O)O. The van der Waals surface area contributed by atoms with Crippen molar-refractivity contribution in [3.63, 3.8) is 0 Å². The van der Waals surface area contributed by atoms with Crippen LogP contribution in [-0.4, -0.2) is 23.7 Å². The molecule has 0 aromatic heterocycles. The molecule has 0 radical (unpaired) electrons. The average molecular weight is 216 g/mol. The van der Waals surface area contributed by atoms with E-state index in [2.05, 4.69) is 0 Å². The van der Waals surface area contributed by atoms with E-state index in [1.54, 1.807) is 20.8 Å². The minimum absolute atomic E-state index is 0.00230. The van der Waals surface area contributed by atoms with Gasteiger partial charge in [-0.1, -0.05) is 13.3 Å². The standard InChI is InChI=1S/C11H20O4/c1-5-8(7-9(12)13)11(3,4)10(14)15-6-2/h8H,5-7H2,1-4H3,(H,12,13). The Labute approximate surface area is 90.6 Å². The molecule has 0 spiro atoms. The smallest absolute Gasteiger partial charge is 0.311 e. The molecule has 0 saturated carbocycles. The van der Waals surface area contributed by atoms with E-state index in [4.69, 9.17) is 9.84 Å². The van der Waals surface area contributed by atoms with E-state index in [0.29, 0.717) is 13.0 Å². The van der Waals surface area contributed by atoms with Crippen LogP contribution < -0.4 is 0 Å². The predicted molar refractivity (Wildman–Crippen MR) is 56.4 cm³/mol. The van der Waals surface area contributed by atoms with E-state index in [0.717, 1.165) is 0 Å².